The van der Waals surface area contributed by atoms with Gasteiger partial charge in [0.1, 0.15) is 5.75 Å². The third-order valence-corrected chi connectivity index (χ3v) is 6.07. The number of benzene rings is 1. The van der Waals surface area contributed by atoms with Crippen molar-refractivity contribution in [2.45, 2.75) is 51.1 Å². The second kappa shape index (κ2) is 8.36. The Hall–Kier alpha value is -3.24. The van der Waals surface area contributed by atoms with Crippen LogP contribution in [0.25, 0.3) is 0 Å². The third kappa shape index (κ3) is 4.66. The van der Waals surface area contributed by atoms with E-state index in [4.69, 9.17) is 19.7 Å². The van der Waals surface area contributed by atoms with Gasteiger partial charge in [0.25, 0.3) is 5.91 Å². The topological polar surface area (TPSA) is 108 Å². The highest BCUT2D eigenvalue weighted by molar-refractivity contribution is 5.90. The van der Waals surface area contributed by atoms with Gasteiger partial charge in [-0.15, -0.1) is 0 Å². The SMILES string of the molecule is NC(=O)c1cc(COC(=O)N2CCC3(CCC3)CC2Oc2cccc(C(F)(F)F)c2)on1. The molecular weight excluding hydrogens is 431 g/mol. The lowest BCUT2D eigenvalue weighted by Crippen LogP contribution is -2.54. The summed E-state index contributed by atoms with van der Waals surface area (Å²) in [6.07, 6.45) is -1.64. The zero-order valence-electron chi connectivity index (χ0n) is 17.1. The first-order valence-corrected chi connectivity index (χ1v) is 10.2. The molecule has 1 aromatic heterocycles. The molecule has 1 saturated heterocycles. The molecule has 1 saturated carbocycles. The molecular formula is C21H22F3N3O5. The van der Waals surface area contributed by atoms with Crippen molar-refractivity contribution in [1.82, 2.24) is 10.1 Å². The van der Waals surface area contributed by atoms with Crippen LogP contribution < -0.4 is 10.5 Å². The fourth-order valence-electron chi connectivity index (χ4n) is 4.15. The predicted molar refractivity (Wildman–Crippen MR) is 103 cm³/mol. The summed E-state index contributed by atoms with van der Waals surface area (Å²) in [5.74, 6) is -0.613. The summed E-state index contributed by atoms with van der Waals surface area (Å²) in [4.78, 5) is 25.2. The molecule has 2 aliphatic rings. The van der Waals surface area contributed by atoms with Gasteiger partial charge in [0.05, 0.1) is 5.56 Å². The van der Waals surface area contributed by atoms with Crippen LogP contribution in [0.4, 0.5) is 18.0 Å². The van der Waals surface area contributed by atoms with Gasteiger partial charge in [-0.3, -0.25) is 9.69 Å². The highest BCUT2D eigenvalue weighted by atomic mass is 19.4. The number of hydrogen-bond acceptors (Lipinski definition) is 6. The van der Waals surface area contributed by atoms with Gasteiger partial charge in [-0.25, -0.2) is 4.79 Å². The first kappa shape index (κ1) is 22.0. The summed E-state index contributed by atoms with van der Waals surface area (Å²) in [7, 11) is 0. The van der Waals surface area contributed by atoms with E-state index in [0.717, 1.165) is 37.8 Å². The van der Waals surface area contributed by atoms with Crippen LogP contribution in [0.5, 0.6) is 5.75 Å². The lowest BCUT2D eigenvalue weighted by Gasteiger charge is -2.50. The summed E-state index contributed by atoms with van der Waals surface area (Å²) >= 11 is 0. The number of nitrogens with zero attached hydrogens (tertiary/aromatic N) is 2. The average molecular weight is 453 g/mol. The van der Waals surface area contributed by atoms with E-state index in [-0.39, 0.29) is 29.2 Å². The Labute approximate surface area is 181 Å². The number of alkyl halides is 3. The number of amides is 2. The van der Waals surface area contributed by atoms with Crippen LogP contribution in [0.3, 0.4) is 0 Å². The quantitative estimate of drug-likeness (QED) is 0.730. The van der Waals surface area contributed by atoms with Crippen LogP contribution in [0.2, 0.25) is 0 Å². The van der Waals surface area contributed by atoms with Gasteiger partial charge in [0.15, 0.2) is 24.3 Å². The van der Waals surface area contributed by atoms with E-state index < -0.39 is 30.0 Å². The van der Waals surface area contributed by atoms with Crippen molar-refractivity contribution in [2.75, 3.05) is 6.54 Å². The number of hydrogen-bond donors (Lipinski definition) is 1. The summed E-state index contributed by atoms with van der Waals surface area (Å²) in [5, 5.41) is 3.47. The van der Waals surface area contributed by atoms with E-state index >= 15 is 0 Å². The van der Waals surface area contributed by atoms with E-state index in [9.17, 15) is 22.8 Å². The number of carbonyl (C=O) groups is 2. The molecule has 2 amide bonds. The Morgan fingerprint density at radius 1 is 1.25 bits per heavy atom. The Morgan fingerprint density at radius 2 is 2.03 bits per heavy atom. The molecule has 8 nitrogen and oxygen atoms in total. The molecule has 0 radical (unpaired) electrons. The zero-order chi connectivity index (χ0) is 22.9. The first-order chi connectivity index (χ1) is 15.2. The van der Waals surface area contributed by atoms with Gasteiger partial charge in [-0.1, -0.05) is 17.6 Å². The van der Waals surface area contributed by atoms with Gasteiger partial charge in [-0.05, 0) is 42.9 Å². The van der Waals surface area contributed by atoms with Crippen molar-refractivity contribution in [3.63, 3.8) is 0 Å². The van der Waals surface area contributed by atoms with Crippen molar-refractivity contribution in [1.29, 1.82) is 0 Å². The van der Waals surface area contributed by atoms with E-state index in [2.05, 4.69) is 5.16 Å². The van der Waals surface area contributed by atoms with E-state index in [1.165, 1.54) is 23.1 Å². The molecule has 1 atom stereocenters. The van der Waals surface area contributed by atoms with Crippen molar-refractivity contribution in [3.8, 4) is 5.75 Å². The number of primary amides is 1. The molecule has 2 fully saturated rings. The molecule has 2 aromatic rings. The number of likely N-dealkylation sites (tertiary alicyclic amines) is 1. The number of halogens is 3. The van der Waals surface area contributed by atoms with E-state index in [1.54, 1.807) is 0 Å². The van der Waals surface area contributed by atoms with Crippen molar-refractivity contribution >= 4 is 12.0 Å². The fourth-order valence-corrected chi connectivity index (χ4v) is 4.15. The largest absolute Gasteiger partial charge is 0.470 e. The maximum absolute atomic E-state index is 13.1. The smallest absolute Gasteiger partial charge is 0.416 e. The molecule has 1 aromatic carbocycles. The second-order valence-electron chi connectivity index (χ2n) is 8.20. The lowest BCUT2D eigenvalue weighted by atomic mass is 9.63. The molecule has 11 heteroatoms. The number of rotatable bonds is 5. The third-order valence-electron chi connectivity index (χ3n) is 6.07. The normalized spacial score (nSPS) is 20.0. The molecule has 1 unspecified atom stereocenters. The summed E-state index contributed by atoms with van der Waals surface area (Å²) in [6, 6.07) is 5.85. The van der Waals surface area contributed by atoms with Crippen molar-refractivity contribution in [3.05, 3.63) is 47.3 Å². The molecule has 1 aliphatic carbocycles. The van der Waals surface area contributed by atoms with Crippen LogP contribution in [0.15, 0.2) is 34.9 Å². The van der Waals surface area contributed by atoms with Crippen LogP contribution in [-0.2, 0) is 17.5 Å². The van der Waals surface area contributed by atoms with E-state index in [1.807, 2.05) is 0 Å². The van der Waals surface area contributed by atoms with Crippen LogP contribution >= 0.6 is 0 Å². The monoisotopic (exact) mass is 453 g/mol. The second-order valence-corrected chi connectivity index (χ2v) is 8.20. The minimum Gasteiger partial charge on any atom is -0.470 e. The number of nitrogens with two attached hydrogens (primary N) is 1. The number of carbonyl (C=O) groups excluding carboxylic acids is 2. The molecule has 2 N–H and O–H groups in total. The molecule has 1 spiro atoms. The minimum absolute atomic E-state index is 0.0281. The Kier molecular flexibility index (Phi) is 5.74. The maximum Gasteiger partial charge on any atom is 0.416 e. The average Bonchev–Trinajstić information content (AvgIpc) is 3.20. The van der Waals surface area contributed by atoms with Gasteiger partial charge >= 0.3 is 12.3 Å². The molecule has 2 heterocycles. The lowest BCUT2D eigenvalue weighted by molar-refractivity contribution is -0.138. The van der Waals surface area contributed by atoms with E-state index in [0.29, 0.717) is 13.0 Å². The summed E-state index contributed by atoms with van der Waals surface area (Å²) in [6.45, 7) is 0.0719. The van der Waals surface area contributed by atoms with Gasteiger partial charge in [0, 0.05) is 19.0 Å². The molecule has 172 valence electrons. The minimum atomic E-state index is -4.50. The summed E-state index contributed by atoms with van der Waals surface area (Å²) < 4.78 is 55.3. The first-order valence-electron chi connectivity index (χ1n) is 10.2. The van der Waals surface area contributed by atoms with Crippen LogP contribution in [0, 0.1) is 5.41 Å². The maximum atomic E-state index is 13.1. The zero-order valence-corrected chi connectivity index (χ0v) is 17.1. The standard InChI is InChI=1S/C21H22F3N3O5/c22-21(23,24)13-3-1-4-14(9-13)31-17-11-20(5-2-6-20)7-8-27(17)19(29)30-12-15-10-16(18(25)28)26-32-15/h1,3-4,9-10,17H,2,5-8,11-12H2,(H2,25,28). The molecule has 0 bridgehead atoms. The number of aromatic nitrogens is 1. The highest BCUT2D eigenvalue weighted by Crippen LogP contribution is 2.51. The van der Waals surface area contributed by atoms with Crippen molar-refractivity contribution < 1.29 is 36.8 Å². The molecule has 1 aliphatic heterocycles. The van der Waals surface area contributed by atoms with Crippen LogP contribution in [-0.4, -0.2) is 34.8 Å². The highest BCUT2D eigenvalue weighted by Gasteiger charge is 2.46. The van der Waals surface area contributed by atoms with Gasteiger partial charge in [0.2, 0.25) is 0 Å². The molecule has 4 rings (SSSR count). The molecule has 32 heavy (non-hydrogen) atoms. The van der Waals surface area contributed by atoms with Gasteiger partial charge in [-0.2, -0.15) is 13.2 Å². The Bertz CT molecular complexity index is 1000. The fraction of sp³-hybridized carbons (Fsp3) is 0.476. The summed E-state index contributed by atoms with van der Waals surface area (Å²) in [5.41, 5.74) is 4.22. The number of piperidine rings is 1. The Morgan fingerprint density at radius 3 is 2.66 bits per heavy atom. The number of ether oxygens (including phenoxy) is 2. The Balaban J connectivity index is 1.46. The van der Waals surface area contributed by atoms with Gasteiger partial charge < -0.3 is 19.7 Å². The van der Waals surface area contributed by atoms with Crippen LogP contribution in [0.1, 0.15) is 53.9 Å². The predicted octanol–water partition coefficient (Wildman–Crippen LogP) is 4.10. The van der Waals surface area contributed by atoms with Crippen molar-refractivity contribution in [2.24, 2.45) is 11.1 Å².